The van der Waals surface area contributed by atoms with Crippen molar-refractivity contribution in [3.05, 3.63) is 47.5 Å². The van der Waals surface area contributed by atoms with Crippen molar-refractivity contribution in [1.82, 2.24) is 5.32 Å². The van der Waals surface area contributed by atoms with Gasteiger partial charge in [0.25, 0.3) is 5.91 Å². The van der Waals surface area contributed by atoms with E-state index in [1.165, 1.54) is 0 Å². The van der Waals surface area contributed by atoms with Crippen LogP contribution in [0.3, 0.4) is 0 Å². The molecular weight excluding hydrogens is 362 g/mol. The average Bonchev–Trinajstić information content (AvgIpc) is 3.39. The topological polar surface area (TPSA) is 86.3 Å². The van der Waals surface area contributed by atoms with Gasteiger partial charge in [0.2, 0.25) is 13.6 Å². The van der Waals surface area contributed by atoms with Crippen molar-refractivity contribution in [3.63, 3.8) is 0 Å². The maximum Gasteiger partial charge on any atom is 0.251 e. The summed E-state index contributed by atoms with van der Waals surface area (Å²) in [6.07, 6.45) is 0. The quantitative estimate of drug-likeness (QED) is 0.728. The third-order valence-electron chi connectivity index (χ3n) is 5.04. The highest BCUT2D eigenvalue weighted by Crippen LogP contribution is 2.47. The van der Waals surface area contributed by atoms with Crippen LogP contribution in [0.4, 0.5) is 0 Å². The molecule has 0 aliphatic carbocycles. The van der Waals surface area contributed by atoms with Crippen LogP contribution in [0.1, 0.15) is 15.9 Å². The lowest BCUT2D eigenvalue weighted by Crippen LogP contribution is -2.20. The summed E-state index contributed by atoms with van der Waals surface area (Å²) in [5.41, 5.74) is 2.41. The summed E-state index contributed by atoms with van der Waals surface area (Å²) in [7, 11) is 1.56. The number of carbonyl (C=O) groups excluding carboxylic acids is 1. The van der Waals surface area contributed by atoms with E-state index in [0.717, 1.165) is 16.3 Å². The van der Waals surface area contributed by atoms with Crippen LogP contribution in [0, 0.1) is 0 Å². The van der Waals surface area contributed by atoms with Crippen molar-refractivity contribution in [2.24, 2.45) is 0 Å². The highest BCUT2D eigenvalue weighted by Gasteiger charge is 2.26. The Hall–Kier alpha value is -3.45. The van der Waals surface area contributed by atoms with Crippen molar-refractivity contribution >= 4 is 16.7 Å². The Bertz CT molecular complexity index is 1120. The molecule has 5 rings (SSSR count). The fourth-order valence-electron chi connectivity index (χ4n) is 3.77. The zero-order valence-corrected chi connectivity index (χ0v) is 15.1. The van der Waals surface area contributed by atoms with Gasteiger partial charge < -0.3 is 29.4 Å². The van der Waals surface area contributed by atoms with Crippen LogP contribution in [0.15, 0.2) is 36.4 Å². The predicted octanol–water partition coefficient (Wildman–Crippen LogP) is 2.82. The van der Waals surface area contributed by atoms with Crippen molar-refractivity contribution in [1.29, 1.82) is 0 Å². The van der Waals surface area contributed by atoms with Crippen LogP contribution in [0.5, 0.6) is 23.0 Å². The smallest absolute Gasteiger partial charge is 0.251 e. The van der Waals surface area contributed by atoms with E-state index in [0.29, 0.717) is 39.7 Å². The molecule has 0 atom stereocenters. The average molecular weight is 379 g/mol. The fraction of sp³-hybridized carbons (Fsp3) is 0.190. The standard InChI is InChI=1S/C21H17NO6/c1-22-21(24)13-6-11-3-5-16-20(28-10-26-16)19(11)18(14(13)8-23)12-2-4-15-17(7-12)27-9-25-15/h2-7,23H,8-10H2,1H3,(H,22,24). The zero-order chi connectivity index (χ0) is 19.3. The van der Waals surface area contributed by atoms with Crippen LogP contribution in [0.2, 0.25) is 0 Å². The van der Waals surface area contributed by atoms with Crippen molar-refractivity contribution in [2.45, 2.75) is 6.61 Å². The number of amides is 1. The van der Waals surface area contributed by atoms with Gasteiger partial charge in [-0.15, -0.1) is 0 Å². The lowest BCUT2D eigenvalue weighted by atomic mass is 9.88. The Labute approximate surface area is 160 Å². The maximum atomic E-state index is 12.5. The van der Waals surface area contributed by atoms with E-state index in [4.69, 9.17) is 18.9 Å². The molecule has 7 nitrogen and oxygen atoms in total. The second-order valence-electron chi connectivity index (χ2n) is 6.48. The summed E-state index contributed by atoms with van der Waals surface area (Å²) < 4.78 is 22.2. The minimum atomic E-state index is -0.313. The number of carbonyl (C=O) groups is 1. The summed E-state index contributed by atoms with van der Waals surface area (Å²) in [4.78, 5) is 12.5. The summed E-state index contributed by atoms with van der Waals surface area (Å²) in [5, 5.41) is 14.4. The SMILES string of the molecule is CNC(=O)c1cc2ccc3c(c2c(-c2ccc4c(c2)OCO4)c1CO)OCO3. The first-order chi connectivity index (χ1) is 13.7. The molecule has 7 heteroatoms. The van der Waals surface area contributed by atoms with E-state index >= 15 is 0 Å². The van der Waals surface area contributed by atoms with Gasteiger partial charge in [-0.3, -0.25) is 4.79 Å². The van der Waals surface area contributed by atoms with Crippen LogP contribution in [-0.4, -0.2) is 31.6 Å². The number of hydrogen-bond donors (Lipinski definition) is 2. The number of aliphatic hydroxyl groups is 1. The number of benzene rings is 3. The molecule has 0 fully saturated rings. The largest absolute Gasteiger partial charge is 0.454 e. The van der Waals surface area contributed by atoms with Gasteiger partial charge in [0.1, 0.15) is 0 Å². The number of fused-ring (bicyclic) bond motifs is 4. The molecule has 0 unspecified atom stereocenters. The van der Waals surface area contributed by atoms with Crippen molar-refractivity contribution in [3.8, 4) is 34.1 Å². The molecular formula is C21H17NO6. The molecule has 0 bridgehead atoms. The molecule has 142 valence electrons. The zero-order valence-electron chi connectivity index (χ0n) is 15.1. The second kappa shape index (κ2) is 6.31. The van der Waals surface area contributed by atoms with E-state index in [1.807, 2.05) is 30.3 Å². The molecule has 2 aliphatic heterocycles. The predicted molar refractivity (Wildman–Crippen MR) is 101 cm³/mol. The summed E-state index contributed by atoms with van der Waals surface area (Å²) in [6, 6.07) is 11.0. The first-order valence-electron chi connectivity index (χ1n) is 8.82. The Kier molecular flexibility index (Phi) is 3.77. The van der Waals surface area contributed by atoms with Gasteiger partial charge >= 0.3 is 0 Å². The van der Waals surface area contributed by atoms with Crippen molar-refractivity contribution < 1.29 is 28.8 Å². The molecule has 0 saturated carbocycles. The molecule has 0 aromatic heterocycles. The number of ether oxygens (including phenoxy) is 4. The lowest BCUT2D eigenvalue weighted by molar-refractivity contribution is 0.0960. The Morgan fingerprint density at radius 1 is 1.00 bits per heavy atom. The number of nitrogens with one attached hydrogen (secondary N) is 1. The highest BCUT2D eigenvalue weighted by molar-refractivity contribution is 6.10. The highest BCUT2D eigenvalue weighted by atomic mass is 16.7. The summed E-state index contributed by atoms with van der Waals surface area (Å²) in [5.74, 6) is 2.23. The molecule has 28 heavy (non-hydrogen) atoms. The molecule has 2 aliphatic rings. The van der Waals surface area contributed by atoms with Gasteiger partial charge in [-0.2, -0.15) is 0 Å². The van der Waals surface area contributed by atoms with E-state index in [1.54, 1.807) is 13.1 Å². The molecule has 3 aromatic rings. The number of aliphatic hydroxyl groups excluding tert-OH is 1. The number of hydrogen-bond acceptors (Lipinski definition) is 6. The number of rotatable bonds is 3. The molecule has 0 spiro atoms. The van der Waals surface area contributed by atoms with Gasteiger partial charge in [0, 0.05) is 18.0 Å². The Morgan fingerprint density at radius 3 is 2.57 bits per heavy atom. The third kappa shape index (κ3) is 2.36. The Morgan fingerprint density at radius 2 is 1.75 bits per heavy atom. The molecule has 1 amide bonds. The maximum absolute atomic E-state index is 12.5. The van der Waals surface area contributed by atoms with E-state index in [9.17, 15) is 9.90 Å². The first-order valence-corrected chi connectivity index (χ1v) is 8.82. The van der Waals surface area contributed by atoms with Gasteiger partial charge in [0.05, 0.1) is 6.61 Å². The van der Waals surface area contributed by atoms with Crippen molar-refractivity contribution in [2.75, 3.05) is 20.6 Å². The molecule has 0 radical (unpaired) electrons. The molecule has 2 heterocycles. The normalized spacial score (nSPS) is 13.8. The summed E-state index contributed by atoms with van der Waals surface area (Å²) >= 11 is 0. The van der Waals surface area contributed by atoms with Crippen LogP contribution < -0.4 is 24.3 Å². The van der Waals surface area contributed by atoms with Crippen LogP contribution >= 0.6 is 0 Å². The van der Waals surface area contributed by atoms with E-state index in [2.05, 4.69) is 5.32 Å². The van der Waals surface area contributed by atoms with E-state index < -0.39 is 0 Å². The van der Waals surface area contributed by atoms with Crippen LogP contribution in [-0.2, 0) is 6.61 Å². The molecule has 2 N–H and O–H groups in total. The monoisotopic (exact) mass is 379 g/mol. The minimum Gasteiger partial charge on any atom is -0.454 e. The lowest BCUT2D eigenvalue weighted by Gasteiger charge is -2.18. The third-order valence-corrected chi connectivity index (χ3v) is 5.04. The first kappa shape index (κ1) is 16.7. The van der Waals surface area contributed by atoms with Gasteiger partial charge in [-0.05, 0) is 46.3 Å². The minimum absolute atomic E-state index is 0.126. The summed E-state index contributed by atoms with van der Waals surface area (Å²) in [6.45, 7) is -0.0231. The second-order valence-corrected chi connectivity index (χ2v) is 6.48. The molecule has 0 saturated heterocycles. The van der Waals surface area contributed by atoms with Gasteiger partial charge in [-0.1, -0.05) is 12.1 Å². The Balaban J connectivity index is 1.89. The van der Waals surface area contributed by atoms with E-state index in [-0.39, 0.29) is 26.1 Å². The van der Waals surface area contributed by atoms with Gasteiger partial charge in [-0.25, -0.2) is 0 Å². The fourth-order valence-corrected chi connectivity index (χ4v) is 3.77. The van der Waals surface area contributed by atoms with Gasteiger partial charge in [0.15, 0.2) is 23.0 Å². The van der Waals surface area contributed by atoms with Crippen LogP contribution in [0.25, 0.3) is 21.9 Å². The molecule has 3 aromatic carbocycles.